The summed E-state index contributed by atoms with van der Waals surface area (Å²) in [5, 5.41) is 3.17. The minimum atomic E-state index is -0.252. The topological polar surface area (TPSA) is 12.0 Å². The molecule has 0 saturated carbocycles. The summed E-state index contributed by atoms with van der Waals surface area (Å²) in [5.74, 6) is -0.252. The number of hydrogen-bond acceptors (Lipinski definition) is 1. The number of benzene rings is 2. The highest BCUT2D eigenvalue weighted by Crippen LogP contribution is 2.19. The summed E-state index contributed by atoms with van der Waals surface area (Å²) in [6.07, 6.45) is 0. The zero-order chi connectivity index (χ0) is 11.4. The average Bonchev–Trinajstić information content (AvgIpc) is 2.32. The van der Waals surface area contributed by atoms with E-state index >= 15 is 0 Å². The Balaban J connectivity index is 2.03. The number of anilines is 1. The second-order valence-corrected chi connectivity index (χ2v) is 4.32. The maximum Gasteiger partial charge on any atom is 0.139 e. The summed E-state index contributed by atoms with van der Waals surface area (Å²) >= 11 is 3.12. The molecule has 82 valence electrons. The third-order valence-corrected chi connectivity index (χ3v) is 2.90. The van der Waals surface area contributed by atoms with E-state index in [0.29, 0.717) is 11.0 Å². The Bertz CT molecular complexity index is 471. The Morgan fingerprint density at radius 1 is 1.06 bits per heavy atom. The summed E-state index contributed by atoms with van der Waals surface area (Å²) in [4.78, 5) is 0. The molecule has 2 rings (SSSR count). The molecule has 0 bridgehead atoms. The molecule has 16 heavy (non-hydrogen) atoms. The number of nitrogens with one attached hydrogen (secondary N) is 1. The number of hydrogen-bond donors (Lipinski definition) is 1. The Kier molecular flexibility index (Phi) is 3.57. The van der Waals surface area contributed by atoms with Gasteiger partial charge in [-0.15, -0.1) is 0 Å². The lowest BCUT2D eigenvalue weighted by atomic mass is 10.2. The predicted octanol–water partition coefficient (Wildman–Crippen LogP) is 4.20. The van der Waals surface area contributed by atoms with Crippen LogP contribution in [0.4, 0.5) is 10.1 Å². The predicted molar refractivity (Wildman–Crippen MR) is 67.9 cm³/mol. The SMILES string of the molecule is Fc1cc(NCc2ccccc2)ccc1Br. The Hall–Kier alpha value is -1.35. The summed E-state index contributed by atoms with van der Waals surface area (Å²) in [6, 6.07) is 15.0. The van der Waals surface area contributed by atoms with E-state index < -0.39 is 0 Å². The van der Waals surface area contributed by atoms with Crippen LogP contribution < -0.4 is 5.32 Å². The standard InChI is InChI=1S/C13H11BrFN/c14-12-7-6-11(8-13(12)15)16-9-10-4-2-1-3-5-10/h1-8,16H,9H2. The van der Waals surface area contributed by atoms with Crippen molar-refractivity contribution in [3.8, 4) is 0 Å². The van der Waals surface area contributed by atoms with Gasteiger partial charge in [-0.05, 0) is 39.7 Å². The van der Waals surface area contributed by atoms with E-state index in [9.17, 15) is 4.39 Å². The van der Waals surface area contributed by atoms with Crippen molar-refractivity contribution in [3.63, 3.8) is 0 Å². The zero-order valence-electron chi connectivity index (χ0n) is 8.58. The summed E-state index contributed by atoms with van der Waals surface area (Å²) < 4.78 is 13.7. The van der Waals surface area contributed by atoms with Crippen molar-refractivity contribution >= 4 is 21.6 Å². The van der Waals surface area contributed by atoms with Crippen LogP contribution in [-0.2, 0) is 6.54 Å². The normalized spacial score (nSPS) is 10.1. The monoisotopic (exact) mass is 279 g/mol. The fourth-order valence-electron chi connectivity index (χ4n) is 1.41. The maximum atomic E-state index is 13.2. The summed E-state index contributed by atoms with van der Waals surface area (Å²) in [6.45, 7) is 0.696. The molecule has 0 heterocycles. The third kappa shape index (κ3) is 2.83. The van der Waals surface area contributed by atoms with Gasteiger partial charge in [-0.25, -0.2) is 4.39 Å². The van der Waals surface area contributed by atoms with Gasteiger partial charge in [0.05, 0.1) is 4.47 Å². The van der Waals surface area contributed by atoms with E-state index in [-0.39, 0.29) is 5.82 Å². The Morgan fingerprint density at radius 2 is 1.81 bits per heavy atom. The number of rotatable bonds is 3. The molecule has 0 spiro atoms. The van der Waals surface area contributed by atoms with Crippen molar-refractivity contribution in [1.82, 2.24) is 0 Å². The smallest absolute Gasteiger partial charge is 0.139 e. The second kappa shape index (κ2) is 5.12. The van der Waals surface area contributed by atoms with Gasteiger partial charge in [-0.2, -0.15) is 0 Å². The minimum Gasteiger partial charge on any atom is -0.381 e. The van der Waals surface area contributed by atoms with Crippen LogP contribution in [0.2, 0.25) is 0 Å². The zero-order valence-corrected chi connectivity index (χ0v) is 10.2. The van der Waals surface area contributed by atoms with Crippen LogP contribution in [0.1, 0.15) is 5.56 Å². The molecule has 0 aromatic heterocycles. The molecule has 3 heteroatoms. The molecule has 0 aliphatic heterocycles. The molecule has 0 atom stereocenters. The van der Waals surface area contributed by atoms with Gasteiger partial charge in [0, 0.05) is 12.2 Å². The van der Waals surface area contributed by atoms with Crippen molar-refractivity contribution in [3.05, 3.63) is 64.4 Å². The van der Waals surface area contributed by atoms with E-state index in [0.717, 1.165) is 5.69 Å². The van der Waals surface area contributed by atoms with Gasteiger partial charge in [0.2, 0.25) is 0 Å². The molecule has 1 nitrogen and oxygen atoms in total. The molecule has 0 saturated heterocycles. The quantitative estimate of drug-likeness (QED) is 0.888. The first-order chi connectivity index (χ1) is 7.75. The molecule has 1 N–H and O–H groups in total. The average molecular weight is 280 g/mol. The summed E-state index contributed by atoms with van der Waals surface area (Å²) in [5.41, 5.74) is 1.95. The molecular weight excluding hydrogens is 269 g/mol. The molecular formula is C13H11BrFN. The highest BCUT2D eigenvalue weighted by molar-refractivity contribution is 9.10. The fourth-order valence-corrected chi connectivity index (χ4v) is 1.65. The van der Waals surface area contributed by atoms with Crippen molar-refractivity contribution in [2.45, 2.75) is 6.54 Å². The molecule has 0 unspecified atom stereocenters. The van der Waals surface area contributed by atoms with Crippen molar-refractivity contribution in [2.75, 3.05) is 5.32 Å². The Morgan fingerprint density at radius 3 is 2.50 bits per heavy atom. The first kappa shape index (κ1) is 11.1. The molecule has 2 aromatic rings. The second-order valence-electron chi connectivity index (χ2n) is 3.47. The molecule has 0 radical (unpaired) electrons. The van der Waals surface area contributed by atoms with Crippen molar-refractivity contribution in [2.24, 2.45) is 0 Å². The van der Waals surface area contributed by atoms with E-state index in [1.54, 1.807) is 6.07 Å². The highest BCUT2D eigenvalue weighted by atomic mass is 79.9. The van der Waals surface area contributed by atoms with Gasteiger partial charge in [0.1, 0.15) is 5.82 Å². The lowest BCUT2D eigenvalue weighted by molar-refractivity contribution is 0.621. The fraction of sp³-hybridized carbons (Fsp3) is 0.0769. The lowest BCUT2D eigenvalue weighted by Gasteiger charge is -2.06. The van der Waals surface area contributed by atoms with Gasteiger partial charge in [-0.1, -0.05) is 30.3 Å². The first-order valence-electron chi connectivity index (χ1n) is 4.98. The van der Waals surface area contributed by atoms with Crippen LogP contribution in [0, 0.1) is 5.82 Å². The van der Waals surface area contributed by atoms with Crippen molar-refractivity contribution < 1.29 is 4.39 Å². The van der Waals surface area contributed by atoms with Crippen LogP contribution >= 0.6 is 15.9 Å². The molecule has 0 amide bonds. The van der Waals surface area contributed by atoms with E-state index in [4.69, 9.17) is 0 Å². The Labute approximate surface area is 102 Å². The van der Waals surface area contributed by atoms with Crippen molar-refractivity contribution in [1.29, 1.82) is 0 Å². The molecule has 0 aliphatic carbocycles. The lowest BCUT2D eigenvalue weighted by Crippen LogP contribution is -1.99. The van der Waals surface area contributed by atoms with Crippen LogP contribution in [0.5, 0.6) is 0 Å². The van der Waals surface area contributed by atoms with Crippen LogP contribution in [0.25, 0.3) is 0 Å². The van der Waals surface area contributed by atoms with Gasteiger partial charge in [0.15, 0.2) is 0 Å². The molecule has 0 fully saturated rings. The molecule has 0 aliphatic rings. The van der Waals surface area contributed by atoms with E-state index in [1.165, 1.54) is 11.6 Å². The van der Waals surface area contributed by atoms with E-state index in [1.807, 2.05) is 36.4 Å². The van der Waals surface area contributed by atoms with Crippen LogP contribution in [0.3, 0.4) is 0 Å². The van der Waals surface area contributed by atoms with Gasteiger partial charge in [-0.3, -0.25) is 0 Å². The van der Waals surface area contributed by atoms with Crippen LogP contribution in [-0.4, -0.2) is 0 Å². The van der Waals surface area contributed by atoms with Gasteiger partial charge >= 0.3 is 0 Å². The minimum absolute atomic E-state index is 0.252. The van der Waals surface area contributed by atoms with Gasteiger partial charge < -0.3 is 5.32 Å². The summed E-state index contributed by atoms with van der Waals surface area (Å²) in [7, 11) is 0. The maximum absolute atomic E-state index is 13.2. The highest BCUT2D eigenvalue weighted by Gasteiger charge is 1.99. The van der Waals surface area contributed by atoms with Gasteiger partial charge in [0.25, 0.3) is 0 Å². The third-order valence-electron chi connectivity index (χ3n) is 2.26. The molecule has 2 aromatic carbocycles. The first-order valence-corrected chi connectivity index (χ1v) is 5.78. The van der Waals surface area contributed by atoms with Crippen LogP contribution in [0.15, 0.2) is 53.0 Å². The van der Waals surface area contributed by atoms with E-state index in [2.05, 4.69) is 21.2 Å². The largest absolute Gasteiger partial charge is 0.381 e. The number of halogens is 2.